The van der Waals surface area contributed by atoms with E-state index in [1.807, 2.05) is 47.3 Å². The zero-order valence-electron chi connectivity index (χ0n) is 35.1. The maximum Gasteiger partial charge on any atom is 0.112 e. The Hall–Kier alpha value is -8.94. The topological polar surface area (TPSA) is 88.1 Å². The Balaban J connectivity index is 1.30. The van der Waals surface area contributed by atoms with Crippen LogP contribution in [0.4, 0.5) is 0 Å². The molecule has 0 spiro atoms. The Morgan fingerprint density at radius 1 is 0.369 bits per heavy atom. The van der Waals surface area contributed by atoms with E-state index in [-0.39, 0.29) is 0 Å². The Bertz CT molecular complexity index is 3610. The van der Waals surface area contributed by atoms with Gasteiger partial charge in [0, 0.05) is 50.6 Å². The van der Waals surface area contributed by atoms with Gasteiger partial charge in [0.15, 0.2) is 0 Å². The molecule has 2 aliphatic heterocycles. The van der Waals surface area contributed by atoms with Gasteiger partial charge in [-0.15, -0.1) is 0 Å². The third-order valence-electron chi connectivity index (χ3n) is 12.0. The highest BCUT2D eigenvalue weighted by molar-refractivity contribution is 6.04. The van der Waals surface area contributed by atoms with Gasteiger partial charge in [0.1, 0.15) is 5.69 Å². The van der Waals surface area contributed by atoms with Crippen LogP contribution in [0.3, 0.4) is 0 Å². The fraction of sp³-hybridized carbons (Fsp3) is 0. The Kier molecular flexibility index (Phi) is 9.34. The number of nitrogens with zero attached hydrogens (tertiary/aromatic N) is 5. The van der Waals surface area contributed by atoms with Gasteiger partial charge in [-0.25, -0.2) is 14.6 Å². The highest BCUT2D eigenvalue weighted by Crippen LogP contribution is 2.42. The van der Waals surface area contributed by atoms with E-state index < -0.39 is 0 Å². The molecule has 12 rings (SSSR count). The fourth-order valence-electron chi connectivity index (χ4n) is 9.10. The lowest BCUT2D eigenvalue weighted by atomic mass is 10.00. The molecule has 2 aliphatic rings. The van der Waals surface area contributed by atoms with Crippen LogP contribution >= 0.6 is 0 Å². The Morgan fingerprint density at radius 2 is 0.815 bits per heavy atom. The summed E-state index contributed by atoms with van der Waals surface area (Å²) in [5.41, 5.74) is 19.5. The normalized spacial score (nSPS) is 11.9. The molecule has 0 saturated heterocycles. The van der Waals surface area contributed by atoms with Crippen molar-refractivity contribution in [2.75, 3.05) is 0 Å². The molecule has 0 aliphatic carbocycles. The molecule has 10 aromatic rings. The first-order valence-corrected chi connectivity index (χ1v) is 21.7. The van der Waals surface area contributed by atoms with Gasteiger partial charge < -0.3 is 9.97 Å². The lowest BCUT2D eigenvalue weighted by Gasteiger charge is -2.09. The summed E-state index contributed by atoms with van der Waals surface area (Å²) in [6.07, 6.45) is 10.4. The molecule has 0 saturated carbocycles. The number of benzene rings is 5. The number of rotatable bonds is 7. The van der Waals surface area contributed by atoms with E-state index >= 15 is 0 Å². The van der Waals surface area contributed by atoms with Crippen molar-refractivity contribution in [3.63, 3.8) is 0 Å². The summed E-state index contributed by atoms with van der Waals surface area (Å²) in [6.45, 7) is 0. The summed E-state index contributed by atoms with van der Waals surface area (Å²) >= 11 is 0. The fourth-order valence-corrected chi connectivity index (χ4v) is 9.10. The molecule has 65 heavy (non-hydrogen) atoms. The first kappa shape index (κ1) is 37.8. The minimum Gasteiger partial charge on any atom is -0.354 e. The summed E-state index contributed by atoms with van der Waals surface area (Å²) in [5.74, 6) is 0. The predicted octanol–water partition coefficient (Wildman–Crippen LogP) is 14.2. The van der Waals surface area contributed by atoms with Crippen LogP contribution in [0.25, 0.3) is 119 Å². The molecule has 2 N–H and O–H groups in total. The Labute approximate surface area is 375 Å². The molecule has 0 unspecified atom stereocenters. The minimum absolute atomic E-state index is 0.761. The van der Waals surface area contributed by atoms with E-state index in [1.165, 1.54) is 0 Å². The van der Waals surface area contributed by atoms with Crippen molar-refractivity contribution >= 4 is 46.4 Å². The summed E-state index contributed by atoms with van der Waals surface area (Å²) in [5, 5.41) is 5.27. The van der Waals surface area contributed by atoms with Crippen molar-refractivity contribution in [2.45, 2.75) is 0 Å². The van der Waals surface area contributed by atoms with Gasteiger partial charge in [-0.3, -0.25) is 4.98 Å². The molecule has 8 bridgehead atoms. The van der Waals surface area contributed by atoms with E-state index in [4.69, 9.17) is 20.1 Å². The van der Waals surface area contributed by atoms with Crippen LogP contribution < -0.4 is 0 Å². The number of aromatic nitrogens is 7. The molecule has 0 atom stereocenters. The average Bonchev–Trinajstić information content (AvgIpc) is 4.24. The quantitative estimate of drug-likeness (QED) is 0.167. The van der Waals surface area contributed by atoms with Gasteiger partial charge in [0.05, 0.1) is 45.4 Å². The van der Waals surface area contributed by atoms with Gasteiger partial charge in [-0.2, -0.15) is 5.10 Å². The summed E-state index contributed by atoms with van der Waals surface area (Å²) in [4.78, 5) is 23.8. The second kappa shape index (κ2) is 16.1. The number of para-hydroxylation sites is 1. The largest absolute Gasteiger partial charge is 0.354 e. The van der Waals surface area contributed by atoms with E-state index in [9.17, 15) is 0 Å². The van der Waals surface area contributed by atoms with Crippen LogP contribution in [0.2, 0.25) is 0 Å². The van der Waals surface area contributed by atoms with Crippen LogP contribution in [0.1, 0.15) is 22.8 Å². The molecule has 7 heterocycles. The number of nitrogens with one attached hydrogen (secondary N) is 2. The Morgan fingerprint density at radius 3 is 1.31 bits per heavy atom. The molecular formula is C58H39N7. The van der Waals surface area contributed by atoms with Crippen LogP contribution in [0.15, 0.2) is 200 Å². The number of fused-ring (bicyclic) bond motifs is 8. The van der Waals surface area contributed by atoms with Crippen LogP contribution in [0, 0.1) is 0 Å². The summed E-state index contributed by atoms with van der Waals surface area (Å²) in [7, 11) is 0. The van der Waals surface area contributed by atoms with Crippen LogP contribution in [-0.2, 0) is 0 Å². The molecule has 5 aromatic carbocycles. The van der Waals surface area contributed by atoms with Crippen molar-refractivity contribution in [2.24, 2.45) is 0 Å². The maximum absolute atomic E-state index is 5.58. The number of H-pyrrole nitrogens is 2. The lowest BCUT2D eigenvalue weighted by molar-refractivity contribution is 0.891. The minimum atomic E-state index is 0.761. The van der Waals surface area contributed by atoms with E-state index in [2.05, 4.69) is 192 Å². The highest BCUT2D eigenvalue weighted by Gasteiger charge is 2.24. The number of pyridine rings is 1. The maximum atomic E-state index is 5.58. The first-order valence-electron chi connectivity index (χ1n) is 21.7. The van der Waals surface area contributed by atoms with Crippen molar-refractivity contribution < 1.29 is 0 Å². The second-order valence-electron chi connectivity index (χ2n) is 16.0. The third-order valence-corrected chi connectivity index (χ3v) is 12.0. The van der Waals surface area contributed by atoms with Crippen molar-refractivity contribution in [3.05, 3.63) is 223 Å². The monoisotopic (exact) mass is 833 g/mol. The molecule has 0 amide bonds. The van der Waals surface area contributed by atoms with E-state index in [0.29, 0.717) is 0 Å². The number of hydrogen-bond donors (Lipinski definition) is 2. The van der Waals surface area contributed by atoms with Gasteiger partial charge in [0.2, 0.25) is 0 Å². The van der Waals surface area contributed by atoms with Crippen LogP contribution in [0.5, 0.6) is 0 Å². The number of hydrogen-bond acceptors (Lipinski definition) is 4. The second-order valence-corrected chi connectivity index (χ2v) is 16.0. The molecule has 0 radical (unpaired) electrons. The smallest absolute Gasteiger partial charge is 0.112 e. The summed E-state index contributed by atoms with van der Waals surface area (Å²) < 4.78 is 2.03. The SMILES string of the molecule is C1=Cc2nc1c(-c1ccccc1)c1ccc([nH]1)c(-c1ccccc1)c1nc(c(-c3ccccc3)c3[nH]c(cc3-c3cc(-c4ccccn4)nn3-c3ccccc3)c2-c2ccccc2)C=C1. The average molecular weight is 834 g/mol. The molecule has 7 heteroatoms. The molecular weight excluding hydrogens is 795 g/mol. The van der Waals surface area contributed by atoms with Gasteiger partial charge in [-0.1, -0.05) is 146 Å². The zero-order valence-corrected chi connectivity index (χ0v) is 35.1. The molecule has 7 nitrogen and oxygen atoms in total. The van der Waals surface area contributed by atoms with Gasteiger partial charge in [0.25, 0.3) is 0 Å². The van der Waals surface area contributed by atoms with Crippen molar-refractivity contribution in [1.29, 1.82) is 0 Å². The van der Waals surface area contributed by atoms with Gasteiger partial charge in [-0.05, 0) is 95.1 Å². The zero-order chi connectivity index (χ0) is 43.1. The van der Waals surface area contributed by atoms with E-state index in [1.54, 1.807) is 0 Å². The van der Waals surface area contributed by atoms with Crippen LogP contribution in [-0.4, -0.2) is 34.7 Å². The van der Waals surface area contributed by atoms with Crippen molar-refractivity contribution in [1.82, 2.24) is 34.7 Å². The van der Waals surface area contributed by atoms with Gasteiger partial charge >= 0.3 is 0 Å². The molecule has 5 aromatic heterocycles. The summed E-state index contributed by atoms with van der Waals surface area (Å²) in [6, 6.07) is 67.1. The molecule has 306 valence electrons. The highest BCUT2D eigenvalue weighted by atomic mass is 15.3. The predicted molar refractivity (Wildman–Crippen MR) is 266 cm³/mol. The third kappa shape index (κ3) is 6.88. The lowest BCUT2D eigenvalue weighted by Crippen LogP contribution is -1.99. The standard InChI is InChI=1S/C58H39N7/c1-6-18-38(19-7-1)54-45-29-30-46(60-45)55(39-20-8-2-9-21-39)48-33-34-50(62-48)57(41-24-12-4-13-25-41)58-43(36-52(63-58)56(40-22-10-3-11-23-40)49-32-31-47(54)61-49)53-37-51(44-28-16-17-35-59-44)64-65(53)42-26-14-5-15-27-42/h1-37,60,63H. The van der Waals surface area contributed by atoms with Crippen molar-refractivity contribution in [3.8, 4) is 72.8 Å². The van der Waals surface area contributed by atoms with E-state index in [0.717, 1.165) is 118 Å². The first-order chi connectivity index (χ1) is 32.2. The number of aromatic amines is 2. The molecule has 0 fully saturated rings.